The minimum Gasteiger partial charge on any atom is -0.289 e. The Balaban J connectivity index is 2.50. The van der Waals surface area contributed by atoms with Gasteiger partial charge in [-0.2, -0.15) is 0 Å². The van der Waals surface area contributed by atoms with E-state index in [0.29, 0.717) is 0 Å². The van der Waals surface area contributed by atoms with Crippen molar-refractivity contribution in [3.8, 4) is 0 Å². The molecule has 0 aromatic carbocycles. The minimum absolute atomic E-state index is 0.00470. The van der Waals surface area contributed by atoms with E-state index in [4.69, 9.17) is 0 Å². The summed E-state index contributed by atoms with van der Waals surface area (Å²) in [7, 11) is 0. The number of hydrogen-bond acceptors (Lipinski definition) is 1. The summed E-state index contributed by atoms with van der Waals surface area (Å²) in [6.45, 7) is 4.16. The van der Waals surface area contributed by atoms with Gasteiger partial charge < -0.3 is 0 Å². The van der Waals surface area contributed by atoms with Crippen LogP contribution < -0.4 is 0 Å². The topological polar surface area (TPSA) is 17.1 Å². The van der Waals surface area contributed by atoms with Crippen molar-refractivity contribution in [2.24, 2.45) is 5.41 Å². The highest BCUT2D eigenvalue weighted by atomic mass is 16.1. The number of rotatable bonds is 0. The SMILES string of the molecule is CC1(C)C=CC2=CC=[C]C(=O)C2=C1. The van der Waals surface area contributed by atoms with Gasteiger partial charge in [0.1, 0.15) is 0 Å². The molecule has 2 rings (SSSR count). The largest absolute Gasteiger partial charge is 0.289 e. The number of Topliss-reactive ketones (excluding diaryl/α,β-unsaturated/α-hetero) is 1. The summed E-state index contributed by atoms with van der Waals surface area (Å²) in [6.07, 6.45) is 12.4. The Kier molecular flexibility index (Phi) is 1.62. The average Bonchev–Trinajstić information content (AvgIpc) is 2.06. The van der Waals surface area contributed by atoms with Gasteiger partial charge in [-0.05, 0) is 11.6 Å². The van der Waals surface area contributed by atoms with Crippen molar-refractivity contribution in [3.63, 3.8) is 0 Å². The Morgan fingerprint density at radius 1 is 1.38 bits per heavy atom. The van der Waals surface area contributed by atoms with E-state index in [9.17, 15) is 4.79 Å². The zero-order valence-corrected chi connectivity index (χ0v) is 7.79. The fourth-order valence-electron chi connectivity index (χ4n) is 1.52. The molecule has 0 heterocycles. The van der Waals surface area contributed by atoms with Gasteiger partial charge in [0.15, 0.2) is 5.78 Å². The molecule has 0 amide bonds. The van der Waals surface area contributed by atoms with Crippen LogP contribution >= 0.6 is 0 Å². The summed E-state index contributed by atoms with van der Waals surface area (Å²) in [4.78, 5) is 11.4. The molecule has 0 saturated carbocycles. The maximum absolute atomic E-state index is 11.4. The van der Waals surface area contributed by atoms with Gasteiger partial charge >= 0.3 is 0 Å². The molecule has 1 heteroatoms. The number of carbonyl (C=O) groups is 1. The first-order chi connectivity index (χ1) is 6.08. The first-order valence-corrected chi connectivity index (χ1v) is 4.35. The molecule has 0 unspecified atom stereocenters. The molecule has 0 aliphatic heterocycles. The second-order valence-electron chi connectivity index (χ2n) is 3.97. The van der Waals surface area contributed by atoms with Crippen LogP contribution in [0.3, 0.4) is 0 Å². The molecule has 0 atom stereocenters. The summed E-state index contributed by atoms with van der Waals surface area (Å²) in [5.41, 5.74) is 1.78. The van der Waals surface area contributed by atoms with E-state index in [1.807, 2.05) is 18.2 Å². The van der Waals surface area contributed by atoms with Crippen LogP contribution in [-0.4, -0.2) is 5.78 Å². The van der Waals surface area contributed by atoms with Gasteiger partial charge in [-0.15, -0.1) is 0 Å². The fraction of sp³-hybridized carbons (Fsp3) is 0.250. The van der Waals surface area contributed by atoms with Gasteiger partial charge in [0, 0.05) is 17.1 Å². The van der Waals surface area contributed by atoms with Crippen LogP contribution in [0.4, 0.5) is 0 Å². The summed E-state index contributed by atoms with van der Waals surface area (Å²) < 4.78 is 0. The highest BCUT2D eigenvalue weighted by molar-refractivity contribution is 6.07. The predicted octanol–water partition coefficient (Wildman–Crippen LogP) is 2.38. The van der Waals surface area contributed by atoms with Crippen LogP contribution in [-0.2, 0) is 4.79 Å². The highest BCUT2D eigenvalue weighted by Gasteiger charge is 2.22. The van der Waals surface area contributed by atoms with Crippen molar-refractivity contribution in [1.29, 1.82) is 0 Å². The fourth-order valence-corrected chi connectivity index (χ4v) is 1.52. The van der Waals surface area contributed by atoms with Gasteiger partial charge in [0.2, 0.25) is 0 Å². The second kappa shape index (κ2) is 2.56. The van der Waals surface area contributed by atoms with Gasteiger partial charge in [-0.25, -0.2) is 0 Å². The van der Waals surface area contributed by atoms with Crippen LogP contribution in [0.5, 0.6) is 0 Å². The number of fused-ring (bicyclic) bond motifs is 1. The predicted molar refractivity (Wildman–Crippen MR) is 51.9 cm³/mol. The molecule has 13 heavy (non-hydrogen) atoms. The van der Waals surface area contributed by atoms with Crippen molar-refractivity contribution in [2.75, 3.05) is 0 Å². The van der Waals surface area contributed by atoms with Crippen molar-refractivity contribution < 1.29 is 4.79 Å². The van der Waals surface area contributed by atoms with E-state index in [1.54, 1.807) is 6.08 Å². The smallest absolute Gasteiger partial charge is 0.194 e. The van der Waals surface area contributed by atoms with E-state index in [2.05, 4.69) is 26.0 Å². The monoisotopic (exact) mass is 171 g/mol. The summed E-state index contributed by atoms with van der Waals surface area (Å²) in [5.74, 6) is -0.00470. The third-order valence-electron chi connectivity index (χ3n) is 2.24. The van der Waals surface area contributed by atoms with E-state index in [-0.39, 0.29) is 11.2 Å². The summed E-state index contributed by atoms with van der Waals surface area (Å²) in [5, 5.41) is 0. The molecule has 0 spiro atoms. The quantitative estimate of drug-likeness (QED) is 0.547. The summed E-state index contributed by atoms with van der Waals surface area (Å²) >= 11 is 0. The Labute approximate surface area is 78.1 Å². The lowest BCUT2D eigenvalue weighted by molar-refractivity contribution is -0.111. The molecule has 0 aromatic heterocycles. The lowest BCUT2D eigenvalue weighted by atomic mass is 9.80. The zero-order chi connectivity index (χ0) is 9.47. The number of carbonyl (C=O) groups excluding carboxylic acids is 1. The first-order valence-electron chi connectivity index (χ1n) is 4.35. The second-order valence-corrected chi connectivity index (χ2v) is 3.97. The maximum Gasteiger partial charge on any atom is 0.194 e. The van der Waals surface area contributed by atoms with Crippen LogP contribution in [0.15, 0.2) is 41.5 Å². The number of hydrogen-bond donors (Lipinski definition) is 0. The van der Waals surface area contributed by atoms with Crippen molar-refractivity contribution in [3.05, 3.63) is 47.6 Å². The van der Waals surface area contributed by atoms with Crippen molar-refractivity contribution >= 4 is 5.78 Å². The Morgan fingerprint density at radius 2 is 2.15 bits per heavy atom. The Hall–Kier alpha value is -1.37. The Morgan fingerprint density at radius 3 is 2.92 bits per heavy atom. The summed E-state index contributed by atoms with van der Waals surface area (Å²) in [6, 6.07) is 0. The minimum atomic E-state index is -0.0125. The van der Waals surface area contributed by atoms with E-state index >= 15 is 0 Å². The van der Waals surface area contributed by atoms with Gasteiger partial charge in [-0.3, -0.25) is 4.79 Å². The average molecular weight is 171 g/mol. The van der Waals surface area contributed by atoms with E-state index in [0.717, 1.165) is 11.1 Å². The zero-order valence-electron chi connectivity index (χ0n) is 7.79. The van der Waals surface area contributed by atoms with Crippen molar-refractivity contribution in [1.82, 2.24) is 0 Å². The maximum atomic E-state index is 11.4. The van der Waals surface area contributed by atoms with Gasteiger partial charge in [-0.1, -0.05) is 38.2 Å². The molecule has 0 bridgehead atoms. The van der Waals surface area contributed by atoms with Crippen LogP contribution in [0.1, 0.15) is 13.8 Å². The standard InChI is InChI=1S/C12H11O/c1-12(2)7-6-9-4-3-5-11(13)10(9)8-12/h3-4,6-8H,1-2H3. The molecule has 0 N–H and O–H groups in total. The lowest BCUT2D eigenvalue weighted by Crippen LogP contribution is -2.15. The van der Waals surface area contributed by atoms with Crippen LogP contribution in [0.25, 0.3) is 0 Å². The van der Waals surface area contributed by atoms with E-state index in [1.165, 1.54) is 0 Å². The molecule has 0 fully saturated rings. The molecule has 0 aromatic rings. The first kappa shape index (κ1) is 8.24. The molecule has 65 valence electrons. The number of allylic oxidation sites excluding steroid dienone is 8. The molecule has 1 radical (unpaired) electrons. The molecule has 0 saturated heterocycles. The normalized spacial score (nSPS) is 23.7. The van der Waals surface area contributed by atoms with Crippen molar-refractivity contribution in [2.45, 2.75) is 13.8 Å². The third kappa shape index (κ3) is 1.42. The third-order valence-corrected chi connectivity index (χ3v) is 2.24. The molecule has 1 nitrogen and oxygen atoms in total. The van der Waals surface area contributed by atoms with E-state index < -0.39 is 0 Å². The van der Waals surface area contributed by atoms with Crippen LogP contribution in [0, 0.1) is 11.5 Å². The molecular formula is C12H11O. The highest BCUT2D eigenvalue weighted by Crippen LogP contribution is 2.32. The molecular weight excluding hydrogens is 160 g/mol. The van der Waals surface area contributed by atoms with Gasteiger partial charge in [0.05, 0.1) is 0 Å². The molecule has 2 aliphatic rings. The van der Waals surface area contributed by atoms with Crippen LogP contribution in [0.2, 0.25) is 0 Å². The number of ketones is 1. The lowest BCUT2D eigenvalue weighted by Gasteiger charge is -2.23. The van der Waals surface area contributed by atoms with Gasteiger partial charge in [0.25, 0.3) is 0 Å². The molecule has 2 aliphatic carbocycles. The Bertz CT molecular complexity index is 376.